The molecule has 0 fully saturated rings. The molecule has 19 heavy (non-hydrogen) atoms. The molecule has 0 spiro atoms. The lowest BCUT2D eigenvalue weighted by molar-refractivity contribution is 0.295. The van der Waals surface area contributed by atoms with Gasteiger partial charge in [-0.05, 0) is 41.1 Å². The van der Waals surface area contributed by atoms with Gasteiger partial charge in [-0.2, -0.15) is 0 Å². The lowest BCUT2D eigenvalue weighted by Gasteiger charge is -2.09. The van der Waals surface area contributed by atoms with Crippen LogP contribution in [0.15, 0.2) is 44.3 Å². The average molecular weight is 388 g/mol. The topological polar surface area (TPSA) is 44.1 Å². The van der Waals surface area contributed by atoms with E-state index in [1.54, 1.807) is 6.92 Å². The number of hydrogen-bond acceptors (Lipinski definition) is 3. The van der Waals surface area contributed by atoms with Crippen LogP contribution in [0, 0.1) is 6.92 Å². The Balaban J connectivity index is 2.00. The van der Waals surface area contributed by atoms with Crippen molar-refractivity contribution < 1.29 is 4.74 Å². The summed E-state index contributed by atoms with van der Waals surface area (Å²) in [5, 5.41) is 0. The van der Waals surface area contributed by atoms with Crippen LogP contribution in [0.1, 0.15) is 5.69 Å². The van der Waals surface area contributed by atoms with Gasteiger partial charge in [0.25, 0.3) is 5.56 Å². The third-order valence-electron chi connectivity index (χ3n) is 2.55. The molecule has 100 valence electrons. The molecule has 4 nitrogen and oxygen atoms in total. The second-order valence-corrected chi connectivity index (χ2v) is 5.66. The molecule has 1 aromatic carbocycles. The first-order valence-electron chi connectivity index (χ1n) is 5.68. The summed E-state index contributed by atoms with van der Waals surface area (Å²) in [6.45, 7) is 2.65. The van der Waals surface area contributed by atoms with Gasteiger partial charge >= 0.3 is 0 Å². The zero-order valence-corrected chi connectivity index (χ0v) is 13.4. The number of hydrogen-bond donors (Lipinski definition) is 0. The van der Waals surface area contributed by atoms with Crippen molar-refractivity contribution in [1.29, 1.82) is 0 Å². The van der Waals surface area contributed by atoms with Crippen molar-refractivity contribution in [2.45, 2.75) is 13.5 Å². The van der Waals surface area contributed by atoms with Crippen LogP contribution in [0.2, 0.25) is 0 Å². The standard InChI is InChI=1S/C13H12Br2N2O2/c1-9-12(15)13(18)17(8-16-9)5-6-19-11-4-2-3-10(14)7-11/h2-4,7-8H,5-6H2,1H3. The molecule has 0 saturated carbocycles. The van der Waals surface area contributed by atoms with E-state index in [0.717, 1.165) is 10.2 Å². The molecule has 6 heteroatoms. The minimum Gasteiger partial charge on any atom is -0.492 e. The highest BCUT2D eigenvalue weighted by Crippen LogP contribution is 2.17. The predicted octanol–water partition coefficient (Wildman–Crippen LogP) is 3.16. The molecule has 0 aliphatic heterocycles. The van der Waals surface area contributed by atoms with Crippen molar-refractivity contribution in [3.8, 4) is 5.75 Å². The molecular weight excluding hydrogens is 376 g/mol. The highest BCUT2D eigenvalue weighted by molar-refractivity contribution is 9.10. The summed E-state index contributed by atoms with van der Waals surface area (Å²) in [5.41, 5.74) is 0.597. The molecule has 0 bridgehead atoms. The van der Waals surface area contributed by atoms with Crippen molar-refractivity contribution >= 4 is 31.9 Å². The maximum atomic E-state index is 11.9. The maximum absolute atomic E-state index is 11.9. The van der Waals surface area contributed by atoms with Gasteiger partial charge in [0.1, 0.15) is 16.8 Å². The lowest BCUT2D eigenvalue weighted by Crippen LogP contribution is -2.24. The Hall–Kier alpha value is -1.14. The molecule has 0 N–H and O–H groups in total. The smallest absolute Gasteiger partial charge is 0.267 e. The van der Waals surface area contributed by atoms with E-state index >= 15 is 0 Å². The fourth-order valence-electron chi connectivity index (χ4n) is 1.52. The zero-order chi connectivity index (χ0) is 13.8. The maximum Gasteiger partial charge on any atom is 0.267 e. The Morgan fingerprint density at radius 1 is 1.37 bits per heavy atom. The second kappa shape index (κ2) is 6.34. The summed E-state index contributed by atoms with van der Waals surface area (Å²) in [5.74, 6) is 0.765. The summed E-state index contributed by atoms with van der Waals surface area (Å²) >= 11 is 6.61. The van der Waals surface area contributed by atoms with Gasteiger partial charge in [0.15, 0.2) is 0 Å². The molecule has 0 atom stereocenters. The minimum atomic E-state index is -0.0923. The Labute approximate surface area is 127 Å². The van der Waals surface area contributed by atoms with Gasteiger partial charge in [-0.15, -0.1) is 0 Å². The molecule has 2 aromatic rings. The third-order valence-corrected chi connectivity index (χ3v) is 3.96. The molecule has 0 aliphatic carbocycles. The molecule has 0 unspecified atom stereocenters. The fourth-order valence-corrected chi connectivity index (χ4v) is 2.23. The van der Waals surface area contributed by atoms with Gasteiger partial charge in [-0.1, -0.05) is 22.0 Å². The molecule has 0 saturated heterocycles. The van der Waals surface area contributed by atoms with Crippen molar-refractivity contribution in [3.05, 3.63) is 55.6 Å². The van der Waals surface area contributed by atoms with Crippen LogP contribution >= 0.6 is 31.9 Å². The first kappa shape index (κ1) is 14.3. The lowest BCUT2D eigenvalue weighted by atomic mass is 10.3. The molecule has 1 aromatic heterocycles. The van der Waals surface area contributed by atoms with Crippen molar-refractivity contribution in [1.82, 2.24) is 9.55 Å². The predicted molar refractivity (Wildman–Crippen MR) is 80.6 cm³/mol. The van der Waals surface area contributed by atoms with E-state index in [9.17, 15) is 4.79 Å². The molecule has 1 heterocycles. The van der Waals surface area contributed by atoms with E-state index < -0.39 is 0 Å². The Morgan fingerprint density at radius 2 is 2.16 bits per heavy atom. The monoisotopic (exact) mass is 386 g/mol. The van der Waals surface area contributed by atoms with Crippen LogP contribution < -0.4 is 10.3 Å². The number of halogens is 2. The molecule has 0 aliphatic rings. The first-order chi connectivity index (χ1) is 9.08. The van der Waals surface area contributed by atoms with Crippen LogP contribution in [0.25, 0.3) is 0 Å². The molecule has 0 radical (unpaired) electrons. The van der Waals surface area contributed by atoms with E-state index in [1.807, 2.05) is 24.3 Å². The van der Waals surface area contributed by atoms with Crippen LogP contribution in [0.3, 0.4) is 0 Å². The number of aryl methyl sites for hydroxylation is 1. The Bertz CT molecular complexity index is 641. The number of nitrogens with zero attached hydrogens (tertiary/aromatic N) is 2. The highest BCUT2D eigenvalue weighted by atomic mass is 79.9. The third kappa shape index (κ3) is 3.67. The summed E-state index contributed by atoms with van der Waals surface area (Å²) in [7, 11) is 0. The molecule has 0 amide bonds. The number of ether oxygens (including phenoxy) is 1. The van der Waals surface area contributed by atoms with E-state index in [-0.39, 0.29) is 5.56 Å². The Kier molecular flexibility index (Phi) is 4.76. The quantitative estimate of drug-likeness (QED) is 0.809. The van der Waals surface area contributed by atoms with E-state index in [1.165, 1.54) is 10.9 Å². The van der Waals surface area contributed by atoms with Gasteiger partial charge < -0.3 is 4.74 Å². The van der Waals surface area contributed by atoms with E-state index in [4.69, 9.17) is 4.74 Å². The van der Waals surface area contributed by atoms with Gasteiger partial charge in [0.2, 0.25) is 0 Å². The minimum absolute atomic E-state index is 0.0923. The molecule has 2 rings (SSSR count). The van der Waals surface area contributed by atoms with Gasteiger partial charge in [-0.25, -0.2) is 4.98 Å². The fraction of sp³-hybridized carbons (Fsp3) is 0.231. The largest absolute Gasteiger partial charge is 0.492 e. The van der Waals surface area contributed by atoms with E-state index in [2.05, 4.69) is 36.8 Å². The highest BCUT2D eigenvalue weighted by Gasteiger charge is 2.05. The number of benzene rings is 1. The van der Waals surface area contributed by atoms with Gasteiger partial charge in [-0.3, -0.25) is 9.36 Å². The van der Waals surface area contributed by atoms with Gasteiger partial charge in [0.05, 0.1) is 18.6 Å². The van der Waals surface area contributed by atoms with Crippen LogP contribution in [-0.4, -0.2) is 16.2 Å². The second-order valence-electron chi connectivity index (χ2n) is 3.95. The normalized spacial score (nSPS) is 10.5. The van der Waals surface area contributed by atoms with Crippen molar-refractivity contribution in [3.63, 3.8) is 0 Å². The Morgan fingerprint density at radius 3 is 2.89 bits per heavy atom. The zero-order valence-electron chi connectivity index (χ0n) is 10.3. The number of rotatable bonds is 4. The van der Waals surface area contributed by atoms with Crippen LogP contribution in [-0.2, 0) is 6.54 Å². The van der Waals surface area contributed by atoms with Gasteiger partial charge in [0, 0.05) is 4.47 Å². The molecular formula is C13H12Br2N2O2. The van der Waals surface area contributed by atoms with Crippen molar-refractivity contribution in [2.24, 2.45) is 0 Å². The summed E-state index contributed by atoms with van der Waals surface area (Å²) in [6, 6.07) is 7.58. The summed E-state index contributed by atoms with van der Waals surface area (Å²) in [6.07, 6.45) is 1.53. The van der Waals surface area contributed by atoms with Crippen molar-refractivity contribution in [2.75, 3.05) is 6.61 Å². The summed E-state index contributed by atoms with van der Waals surface area (Å²) < 4.78 is 8.56. The first-order valence-corrected chi connectivity index (χ1v) is 7.26. The summed E-state index contributed by atoms with van der Waals surface area (Å²) in [4.78, 5) is 16.0. The average Bonchev–Trinajstić information content (AvgIpc) is 2.39. The van der Waals surface area contributed by atoms with Crippen LogP contribution in [0.5, 0.6) is 5.75 Å². The van der Waals surface area contributed by atoms with E-state index in [0.29, 0.717) is 23.3 Å². The number of aromatic nitrogens is 2. The SMILES string of the molecule is Cc1ncn(CCOc2cccc(Br)c2)c(=O)c1Br. The van der Waals surface area contributed by atoms with Crippen LogP contribution in [0.4, 0.5) is 0 Å².